The number of imidazole rings is 1. The van der Waals surface area contributed by atoms with E-state index in [0.717, 1.165) is 25.9 Å². The molecule has 0 spiro atoms. The number of rotatable bonds is 3. The Morgan fingerprint density at radius 1 is 1.38 bits per heavy atom. The first kappa shape index (κ1) is 15.0. The minimum Gasteiger partial charge on any atom is -0.378 e. The number of sulfonamides is 1. The van der Waals surface area contributed by atoms with E-state index in [1.54, 1.807) is 11.6 Å². The third-order valence-electron chi connectivity index (χ3n) is 4.36. The number of ether oxygens (including phenoxy) is 1. The van der Waals surface area contributed by atoms with Crippen molar-refractivity contribution in [2.45, 2.75) is 36.4 Å². The maximum absolute atomic E-state index is 12.6. The summed E-state index contributed by atoms with van der Waals surface area (Å²) >= 11 is 0. The van der Waals surface area contributed by atoms with Crippen LogP contribution in [-0.2, 0) is 21.8 Å². The zero-order valence-corrected chi connectivity index (χ0v) is 13.0. The van der Waals surface area contributed by atoms with Crippen molar-refractivity contribution >= 4 is 10.0 Å². The molecule has 3 rings (SSSR count). The first-order chi connectivity index (χ1) is 9.98. The molecule has 0 aromatic carbocycles. The van der Waals surface area contributed by atoms with Gasteiger partial charge in [0.2, 0.25) is 0 Å². The van der Waals surface area contributed by atoms with Crippen LogP contribution in [0.4, 0.5) is 0 Å². The monoisotopic (exact) mass is 314 g/mol. The summed E-state index contributed by atoms with van der Waals surface area (Å²) in [5.41, 5.74) is 6.17. The Labute approximate surface area is 125 Å². The maximum atomic E-state index is 12.6. The lowest BCUT2D eigenvalue weighted by molar-refractivity contribution is -0.0201. The number of aromatic nitrogens is 2. The van der Waals surface area contributed by atoms with Gasteiger partial charge in [0.05, 0.1) is 12.4 Å². The van der Waals surface area contributed by atoms with Crippen LogP contribution in [0.3, 0.4) is 0 Å². The molecule has 2 aliphatic rings. The lowest BCUT2D eigenvalue weighted by atomic mass is 9.92. The fraction of sp³-hybridized carbons (Fsp3) is 0.769. The summed E-state index contributed by atoms with van der Waals surface area (Å²) in [6, 6.07) is -0.174. The van der Waals surface area contributed by atoms with E-state index >= 15 is 0 Å². The Kier molecular flexibility index (Phi) is 4.04. The fourth-order valence-corrected chi connectivity index (χ4v) is 4.64. The van der Waals surface area contributed by atoms with E-state index in [0.29, 0.717) is 13.1 Å². The average molecular weight is 314 g/mol. The van der Waals surface area contributed by atoms with E-state index in [1.807, 2.05) is 0 Å². The van der Waals surface area contributed by atoms with Crippen LogP contribution in [0.2, 0.25) is 0 Å². The summed E-state index contributed by atoms with van der Waals surface area (Å²) in [6.45, 7) is 1.51. The third kappa shape index (κ3) is 2.85. The summed E-state index contributed by atoms with van der Waals surface area (Å²) in [5, 5.41) is 0.0856. The standard InChI is InChI=1S/C13H22N4O3S/c1-16-8-13(15-9-16)21(18,19)17-6-10(11(14)7-17)12-4-2-3-5-20-12/h8-12H,2-7,14H2,1H3/t10-,11-,12?/m0/s1. The van der Waals surface area contributed by atoms with Crippen LogP contribution < -0.4 is 5.73 Å². The van der Waals surface area contributed by atoms with Crippen LogP contribution in [0.15, 0.2) is 17.6 Å². The van der Waals surface area contributed by atoms with Crippen LogP contribution in [0.25, 0.3) is 0 Å². The molecule has 118 valence electrons. The van der Waals surface area contributed by atoms with Gasteiger partial charge in [-0.05, 0) is 19.3 Å². The van der Waals surface area contributed by atoms with Crippen molar-refractivity contribution in [3.05, 3.63) is 12.5 Å². The summed E-state index contributed by atoms with van der Waals surface area (Å²) in [4.78, 5) is 3.96. The predicted octanol–water partition coefficient (Wildman–Crippen LogP) is -0.0630. The van der Waals surface area contributed by atoms with Gasteiger partial charge in [0, 0.05) is 44.9 Å². The molecule has 0 aliphatic carbocycles. The maximum Gasteiger partial charge on any atom is 0.262 e. The highest BCUT2D eigenvalue weighted by atomic mass is 32.2. The van der Waals surface area contributed by atoms with E-state index in [1.165, 1.54) is 16.8 Å². The highest BCUT2D eigenvalue weighted by Gasteiger charge is 2.42. The van der Waals surface area contributed by atoms with Gasteiger partial charge in [0.15, 0.2) is 5.03 Å². The quantitative estimate of drug-likeness (QED) is 0.844. The first-order valence-electron chi connectivity index (χ1n) is 7.34. The van der Waals surface area contributed by atoms with Gasteiger partial charge in [-0.1, -0.05) is 0 Å². The minimum absolute atomic E-state index is 0.0730. The molecule has 2 fully saturated rings. The van der Waals surface area contributed by atoms with Gasteiger partial charge >= 0.3 is 0 Å². The Hall–Kier alpha value is -0.960. The molecule has 2 aliphatic heterocycles. The molecule has 0 radical (unpaired) electrons. The number of aryl methyl sites for hydroxylation is 1. The zero-order valence-electron chi connectivity index (χ0n) is 12.2. The number of nitrogens with two attached hydrogens (primary N) is 1. The van der Waals surface area contributed by atoms with Crippen molar-refractivity contribution in [3.63, 3.8) is 0 Å². The van der Waals surface area contributed by atoms with Crippen LogP contribution in [0.5, 0.6) is 0 Å². The van der Waals surface area contributed by atoms with Crippen LogP contribution in [-0.4, -0.2) is 54.1 Å². The van der Waals surface area contributed by atoms with Gasteiger partial charge < -0.3 is 15.0 Å². The van der Waals surface area contributed by atoms with E-state index in [9.17, 15) is 8.42 Å². The normalized spacial score (nSPS) is 31.6. The lowest BCUT2D eigenvalue weighted by Crippen LogP contribution is -2.39. The lowest BCUT2D eigenvalue weighted by Gasteiger charge is -2.29. The van der Waals surface area contributed by atoms with Gasteiger partial charge in [-0.2, -0.15) is 4.31 Å². The van der Waals surface area contributed by atoms with Crippen molar-refractivity contribution in [1.82, 2.24) is 13.9 Å². The SMILES string of the molecule is Cn1cnc(S(=O)(=O)N2C[C@H](C3CCCCO3)[C@@H](N)C2)c1. The molecule has 21 heavy (non-hydrogen) atoms. The van der Waals surface area contributed by atoms with Crippen LogP contribution in [0, 0.1) is 5.92 Å². The molecule has 8 heteroatoms. The molecule has 3 heterocycles. The fourth-order valence-electron chi connectivity index (χ4n) is 3.16. The second-order valence-corrected chi connectivity index (χ2v) is 7.82. The molecule has 1 aromatic heterocycles. The van der Waals surface area contributed by atoms with Crippen molar-refractivity contribution in [2.24, 2.45) is 18.7 Å². The Morgan fingerprint density at radius 3 is 2.81 bits per heavy atom. The molecule has 0 bridgehead atoms. The highest BCUT2D eigenvalue weighted by Crippen LogP contribution is 2.30. The molecule has 0 amide bonds. The molecule has 2 N–H and O–H groups in total. The Balaban J connectivity index is 1.75. The number of hydrogen-bond donors (Lipinski definition) is 1. The van der Waals surface area contributed by atoms with Crippen molar-refractivity contribution in [2.75, 3.05) is 19.7 Å². The van der Waals surface area contributed by atoms with Crippen molar-refractivity contribution < 1.29 is 13.2 Å². The second kappa shape index (κ2) is 5.68. The summed E-state index contributed by atoms with van der Waals surface area (Å²) < 4.78 is 34.0. The van der Waals surface area contributed by atoms with E-state index in [-0.39, 0.29) is 23.1 Å². The van der Waals surface area contributed by atoms with Gasteiger partial charge in [0.25, 0.3) is 10.0 Å². The summed E-state index contributed by atoms with van der Waals surface area (Å²) in [5.74, 6) is 0.0730. The smallest absolute Gasteiger partial charge is 0.262 e. The largest absolute Gasteiger partial charge is 0.378 e. The topological polar surface area (TPSA) is 90.5 Å². The van der Waals surface area contributed by atoms with Gasteiger partial charge in [0.1, 0.15) is 0 Å². The third-order valence-corrected chi connectivity index (χ3v) is 6.07. The predicted molar refractivity (Wildman–Crippen MR) is 77.0 cm³/mol. The number of nitrogens with zero attached hydrogens (tertiary/aromatic N) is 3. The van der Waals surface area contributed by atoms with E-state index in [4.69, 9.17) is 10.5 Å². The molecule has 1 aromatic rings. The molecule has 7 nitrogen and oxygen atoms in total. The van der Waals surface area contributed by atoms with Crippen LogP contribution >= 0.6 is 0 Å². The van der Waals surface area contributed by atoms with Crippen LogP contribution in [0.1, 0.15) is 19.3 Å². The average Bonchev–Trinajstić information content (AvgIpc) is 3.07. The first-order valence-corrected chi connectivity index (χ1v) is 8.78. The molecule has 2 saturated heterocycles. The Morgan fingerprint density at radius 2 is 2.19 bits per heavy atom. The van der Waals surface area contributed by atoms with Crippen molar-refractivity contribution in [1.29, 1.82) is 0 Å². The van der Waals surface area contributed by atoms with E-state index < -0.39 is 10.0 Å². The second-order valence-electron chi connectivity index (χ2n) is 5.93. The minimum atomic E-state index is -3.56. The molecule has 0 saturated carbocycles. The van der Waals surface area contributed by atoms with Gasteiger partial charge in [-0.3, -0.25) is 0 Å². The van der Waals surface area contributed by atoms with Crippen molar-refractivity contribution in [3.8, 4) is 0 Å². The Bertz CT molecular complexity index is 594. The highest BCUT2D eigenvalue weighted by molar-refractivity contribution is 7.89. The number of hydrogen-bond acceptors (Lipinski definition) is 5. The summed E-state index contributed by atoms with van der Waals surface area (Å²) in [7, 11) is -1.81. The zero-order chi connectivity index (χ0) is 15.0. The van der Waals surface area contributed by atoms with Gasteiger partial charge in [-0.25, -0.2) is 13.4 Å². The molecular formula is C13H22N4O3S. The van der Waals surface area contributed by atoms with E-state index in [2.05, 4.69) is 4.98 Å². The van der Waals surface area contributed by atoms with Gasteiger partial charge in [-0.15, -0.1) is 0 Å². The molecular weight excluding hydrogens is 292 g/mol. The molecule has 1 unspecified atom stereocenters. The summed E-state index contributed by atoms with van der Waals surface area (Å²) in [6.07, 6.45) is 6.26. The molecule has 3 atom stereocenters.